The largest absolute Gasteiger partial charge is 0.381 e. The fraction of sp³-hybridized carbons (Fsp3) is 0.667. The average molecular weight is 263 g/mol. The molecule has 2 heterocycles. The van der Waals surface area contributed by atoms with E-state index in [0.717, 1.165) is 44.6 Å². The third-order valence-electron chi connectivity index (χ3n) is 3.55. The highest BCUT2D eigenvalue weighted by Crippen LogP contribution is 2.17. The van der Waals surface area contributed by atoms with E-state index in [-0.39, 0.29) is 0 Å². The van der Waals surface area contributed by atoms with Gasteiger partial charge >= 0.3 is 0 Å². The van der Waals surface area contributed by atoms with Crippen LogP contribution in [0.3, 0.4) is 0 Å². The molecule has 0 saturated carbocycles. The van der Waals surface area contributed by atoms with Crippen molar-refractivity contribution < 1.29 is 4.74 Å². The van der Waals surface area contributed by atoms with E-state index in [2.05, 4.69) is 41.3 Å². The van der Waals surface area contributed by atoms with E-state index < -0.39 is 0 Å². The maximum Gasteiger partial charge on any atom is 0.126 e. The number of hydrogen-bond donors (Lipinski definition) is 1. The highest BCUT2D eigenvalue weighted by molar-refractivity contribution is 5.37. The van der Waals surface area contributed by atoms with Gasteiger partial charge in [-0.25, -0.2) is 4.98 Å². The van der Waals surface area contributed by atoms with Gasteiger partial charge in [-0.1, -0.05) is 0 Å². The Bertz CT molecular complexity index is 377. The van der Waals surface area contributed by atoms with Crippen molar-refractivity contribution in [3.8, 4) is 0 Å². The lowest BCUT2D eigenvalue weighted by atomic mass is 10.00. The topological polar surface area (TPSA) is 37.4 Å². The number of nitrogens with one attached hydrogen (secondary N) is 1. The summed E-state index contributed by atoms with van der Waals surface area (Å²) in [5.41, 5.74) is 1.32. The molecule has 1 aromatic heterocycles. The molecule has 19 heavy (non-hydrogen) atoms. The van der Waals surface area contributed by atoms with Crippen LogP contribution in [0, 0.1) is 5.92 Å². The first-order valence-electron chi connectivity index (χ1n) is 7.23. The molecule has 1 fully saturated rings. The van der Waals surface area contributed by atoms with Crippen LogP contribution in [0.4, 0.5) is 5.82 Å². The molecule has 0 unspecified atom stereocenters. The lowest BCUT2D eigenvalue weighted by molar-refractivity contribution is 0.0549. The van der Waals surface area contributed by atoms with Crippen LogP contribution in [-0.2, 0) is 11.3 Å². The Kier molecular flexibility index (Phi) is 5.61. The number of aromatic nitrogens is 1. The summed E-state index contributed by atoms with van der Waals surface area (Å²) < 4.78 is 5.41. The molecule has 2 rings (SSSR count). The van der Waals surface area contributed by atoms with Gasteiger partial charge < -0.3 is 15.0 Å². The minimum absolute atomic E-state index is 0.786. The van der Waals surface area contributed by atoms with Crippen LogP contribution >= 0.6 is 0 Å². The van der Waals surface area contributed by atoms with Gasteiger partial charge in [0.05, 0.1) is 0 Å². The molecule has 0 aromatic carbocycles. The van der Waals surface area contributed by atoms with Crippen molar-refractivity contribution in [3.63, 3.8) is 0 Å². The van der Waals surface area contributed by atoms with E-state index >= 15 is 0 Å². The molecule has 1 aromatic rings. The van der Waals surface area contributed by atoms with Crippen molar-refractivity contribution >= 4 is 5.82 Å². The predicted molar refractivity (Wildman–Crippen MR) is 78.3 cm³/mol. The molecule has 0 amide bonds. The molecule has 1 saturated heterocycles. The van der Waals surface area contributed by atoms with Crippen LogP contribution in [0.2, 0.25) is 0 Å². The molecule has 106 valence electrons. The highest BCUT2D eigenvalue weighted by Gasteiger charge is 2.15. The second-order valence-electron chi connectivity index (χ2n) is 5.33. The SMILES string of the molecule is CCNc1cc(CN(C)CC2CCOCC2)ccn1. The van der Waals surface area contributed by atoms with Gasteiger partial charge in [-0.3, -0.25) is 0 Å². The zero-order valence-corrected chi connectivity index (χ0v) is 12.1. The van der Waals surface area contributed by atoms with Crippen molar-refractivity contribution in [2.75, 3.05) is 38.7 Å². The first-order valence-corrected chi connectivity index (χ1v) is 7.23. The summed E-state index contributed by atoms with van der Waals surface area (Å²) in [6.07, 6.45) is 4.28. The van der Waals surface area contributed by atoms with Gasteiger partial charge in [0.2, 0.25) is 0 Å². The number of pyridine rings is 1. The zero-order valence-electron chi connectivity index (χ0n) is 12.1. The molecule has 4 heteroatoms. The minimum atomic E-state index is 0.786. The van der Waals surface area contributed by atoms with Gasteiger partial charge in [0, 0.05) is 39.0 Å². The van der Waals surface area contributed by atoms with E-state index in [0.29, 0.717) is 0 Å². The van der Waals surface area contributed by atoms with Crippen molar-refractivity contribution in [2.24, 2.45) is 5.92 Å². The van der Waals surface area contributed by atoms with Gasteiger partial charge in [0.25, 0.3) is 0 Å². The summed E-state index contributed by atoms with van der Waals surface area (Å²) in [7, 11) is 2.20. The molecular formula is C15H25N3O. The van der Waals surface area contributed by atoms with Gasteiger partial charge in [0.1, 0.15) is 5.82 Å². The summed E-state index contributed by atoms with van der Waals surface area (Å²) in [6.45, 7) is 7.00. The van der Waals surface area contributed by atoms with Crippen LogP contribution in [0.15, 0.2) is 18.3 Å². The molecule has 0 radical (unpaired) electrons. The molecule has 4 nitrogen and oxygen atoms in total. The van der Waals surface area contributed by atoms with Gasteiger partial charge in [0.15, 0.2) is 0 Å². The van der Waals surface area contributed by atoms with E-state index in [1.165, 1.54) is 18.4 Å². The van der Waals surface area contributed by atoms with Crippen LogP contribution < -0.4 is 5.32 Å². The maximum atomic E-state index is 5.41. The third-order valence-corrected chi connectivity index (χ3v) is 3.55. The van der Waals surface area contributed by atoms with Crippen LogP contribution in [0.5, 0.6) is 0 Å². The molecule has 1 N–H and O–H groups in total. The Balaban J connectivity index is 1.83. The molecular weight excluding hydrogens is 238 g/mol. The molecule has 0 spiro atoms. The van der Waals surface area contributed by atoms with Crippen molar-refractivity contribution in [2.45, 2.75) is 26.3 Å². The van der Waals surface area contributed by atoms with Crippen LogP contribution in [0.25, 0.3) is 0 Å². The minimum Gasteiger partial charge on any atom is -0.381 e. The fourth-order valence-corrected chi connectivity index (χ4v) is 2.60. The molecule has 0 aliphatic carbocycles. The summed E-state index contributed by atoms with van der Waals surface area (Å²) in [5, 5.41) is 3.26. The molecule has 1 aliphatic heterocycles. The maximum absolute atomic E-state index is 5.41. The zero-order chi connectivity index (χ0) is 13.5. The normalized spacial score (nSPS) is 16.8. The van der Waals surface area contributed by atoms with Gasteiger partial charge in [-0.15, -0.1) is 0 Å². The quantitative estimate of drug-likeness (QED) is 0.855. The summed E-state index contributed by atoms with van der Waals surface area (Å²) in [6, 6.07) is 4.24. The average Bonchev–Trinajstić information content (AvgIpc) is 2.40. The molecule has 0 atom stereocenters. The lowest BCUT2D eigenvalue weighted by Crippen LogP contribution is -2.29. The summed E-state index contributed by atoms with van der Waals surface area (Å²) in [4.78, 5) is 6.71. The molecule has 1 aliphatic rings. The lowest BCUT2D eigenvalue weighted by Gasteiger charge is -2.27. The Labute approximate surface area is 116 Å². The third kappa shape index (κ3) is 4.80. The number of rotatable bonds is 6. The Morgan fingerprint density at radius 3 is 2.95 bits per heavy atom. The Morgan fingerprint density at radius 1 is 1.42 bits per heavy atom. The van der Waals surface area contributed by atoms with E-state index in [1.807, 2.05) is 6.20 Å². The first-order chi connectivity index (χ1) is 9.28. The highest BCUT2D eigenvalue weighted by atomic mass is 16.5. The number of anilines is 1. The van der Waals surface area contributed by atoms with Gasteiger partial charge in [-0.2, -0.15) is 0 Å². The van der Waals surface area contributed by atoms with Crippen LogP contribution in [0.1, 0.15) is 25.3 Å². The Morgan fingerprint density at radius 2 is 2.21 bits per heavy atom. The standard InChI is InChI=1S/C15H25N3O/c1-3-16-15-10-14(4-7-17-15)12-18(2)11-13-5-8-19-9-6-13/h4,7,10,13H,3,5-6,8-9,11-12H2,1-2H3,(H,16,17). The second kappa shape index (κ2) is 7.46. The van der Waals surface area contributed by atoms with Crippen molar-refractivity contribution in [3.05, 3.63) is 23.9 Å². The van der Waals surface area contributed by atoms with Crippen molar-refractivity contribution in [1.29, 1.82) is 0 Å². The summed E-state index contributed by atoms with van der Waals surface area (Å²) >= 11 is 0. The first kappa shape index (κ1) is 14.3. The van der Waals surface area contributed by atoms with Gasteiger partial charge in [-0.05, 0) is 50.4 Å². The molecule has 0 bridgehead atoms. The summed E-state index contributed by atoms with van der Waals surface area (Å²) in [5.74, 6) is 1.76. The smallest absolute Gasteiger partial charge is 0.126 e. The van der Waals surface area contributed by atoms with E-state index in [4.69, 9.17) is 4.74 Å². The Hall–Kier alpha value is -1.13. The predicted octanol–water partition coefficient (Wildman–Crippen LogP) is 2.37. The monoisotopic (exact) mass is 263 g/mol. The van der Waals surface area contributed by atoms with E-state index in [9.17, 15) is 0 Å². The number of ether oxygens (including phenoxy) is 1. The van der Waals surface area contributed by atoms with E-state index in [1.54, 1.807) is 0 Å². The van der Waals surface area contributed by atoms with Crippen LogP contribution in [-0.4, -0.2) is 43.2 Å². The van der Waals surface area contributed by atoms with Crippen molar-refractivity contribution in [1.82, 2.24) is 9.88 Å². The fourth-order valence-electron chi connectivity index (χ4n) is 2.60. The second-order valence-corrected chi connectivity index (χ2v) is 5.33. The number of nitrogens with zero attached hydrogens (tertiary/aromatic N) is 2. The number of hydrogen-bond acceptors (Lipinski definition) is 4.